The van der Waals surface area contributed by atoms with Crippen LogP contribution in [-0.2, 0) is 10.2 Å². The number of aliphatic hydroxyl groups excluding tert-OH is 1. The molecule has 0 heterocycles. The second-order valence-electron chi connectivity index (χ2n) is 3.57. The Kier molecular flexibility index (Phi) is 4.44. The molecule has 1 aromatic rings. The van der Waals surface area contributed by atoms with Crippen LogP contribution >= 0.6 is 0 Å². The minimum absolute atomic E-state index is 0.121. The number of halogens is 1. The molecule has 0 fully saturated rings. The number of rotatable bonds is 5. The topological polar surface area (TPSA) is 60.9 Å². The van der Waals surface area contributed by atoms with Crippen molar-refractivity contribution >= 4 is 15.9 Å². The van der Waals surface area contributed by atoms with E-state index in [1.807, 2.05) is 0 Å². The zero-order chi connectivity index (χ0) is 13.1. The summed E-state index contributed by atoms with van der Waals surface area (Å²) in [6.07, 6.45) is 0. The van der Waals surface area contributed by atoms with Gasteiger partial charge in [0.2, 0.25) is 0 Å². The molecule has 0 radical (unpaired) electrons. The van der Waals surface area contributed by atoms with Gasteiger partial charge in [0.15, 0.2) is 0 Å². The number of nitrogens with zero attached hydrogens (tertiary/aromatic N) is 2. The first-order valence-corrected chi connectivity index (χ1v) is 6.36. The lowest BCUT2D eigenvalue weighted by Gasteiger charge is -2.26. The molecule has 0 aliphatic carbocycles. The van der Waals surface area contributed by atoms with E-state index in [-0.39, 0.29) is 18.8 Å². The van der Waals surface area contributed by atoms with E-state index in [9.17, 15) is 12.8 Å². The van der Waals surface area contributed by atoms with Crippen LogP contribution < -0.4 is 4.31 Å². The van der Waals surface area contributed by atoms with Crippen molar-refractivity contribution in [1.82, 2.24) is 4.31 Å². The van der Waals surface area contributed by atoms with Crippen molar-refractivity contribution < 1.29 is 17.9 Å². The minimum Gasteiger partial charge on any atom is -0.394 e. The van der Waals surface area contributed by atoms with Gasteiger partial charge in [0.1, 0.15) is 5.82 Å². The third kappa shape index (κ3) is 3.15. The van der Waals surface area contributed by atoms with Crippen molar-refractivity contribution in [1.29, 1.82) is 0 Å². The van der Waals surface area contributed by atoms with E-state index in [0.29, 0.717) is 0 Å². The molecule has 0 spiro atoms. The summed E-state index contributed by atoms with van der Waals surface area (Å²) in [4.78, 5) is 0. The molecular formula is C10H15FN2O3S. The van der Waals surface area contributed by atoms with Crippen molar-refractivity contribution in [3.8, 4) is 0 Å². The Morgan fingerprint density at radius 2 is 2.00 bits per heavy atom. The molecule has 1 aromatic carbocycles. The van der Waals surface area contributed by atoms with Crippen LogP contribution in [0.3, 0.4) is 0 Å². The van der Waals surface area contributed by atoms with Crippen LogP contribution in [0.5, 0.6) is 0 Å². The smallest absolute Gasteiger partial charge is 0.303 e. The first kappa shape index (κ1) is 13.9. The summed E-state index contributed by atoms with van der Waals surface area (Å²) in [6, 6.07) is 5.22. The van der Waals surface area contributed by atoms with E-state index in [1.54, 1.807) is 0 Å². The number of benzene rings is 1. The molecule has 0 bridgehead atoms. The molecule has 0 aromatic heterocycles. The molecule has 0 aliphatic heterocycles. The molecule has 0 saturated carbocycles. The lowest BCUT2D eigenvalue weighted by atomic mass is 10.3. The third-order valence-electron chi connectivity index (χ3n) is 2.14. The lowest BCUT2D eigenvalue weighted by Crippen LogP contribution is -2.41. The van der Waals surface area contributed by atoms with Gasteiger partial charge in [-0.15, -0.1) is 0 Å². The molecule has 96 valence electrons. The Balaban J connectivity index is 3.19. The molecule has 0 amide bonds. The summed E-state index contributed by atoms with van der Waals surface area (Å²) >= 11 is 0. The largest absolute Gasteiger partial charge is 0.394 e. The van der Waals surface area contributed by atoms with Gasteiger partial charge in [-0.1, -0.05) is 6.07 Å². The van der Waals surface area contributed by atoms with Crippen molar-refractivity contribution in [2.45, 2.75) is 0 Å². The molecule has 17 heavy (non-hydrogen) atoms. The van der Waals surface area contributed by atoms with Crippen molar-refractivity contribution in [2.24, 2.45) is 0 Å². The number of hydrogen-bond donors (Lipinski definition) is 1. The second kappa shape index (κ2) is 5.44. The standard InChI is InChI=1S/C10H15FN2O3S/c1-12(2)17(15,16)13(6-7-14)10-5-3-4-9(11)8-10/h3-5,8,14H,6-7H2,1-2H3. The molecule has 0 saturated heterocycles. The Hall–Kier alpha value is -1.18. The van der Waals surface area contributed by atoms with E-state index in [0.717, 1.165) is 14.7 Å². The monoisotopic (exact) mass is 262 g/mol. The molecule has 1 rings (SSSR count). The van der Waals surface area contributed by atoms with E-state index in [4.69, 9.17) is 5.11 Å². The SMILES string of the molecule is CN(C)S(=O)(=O)N(CCO)c1cccc(F)c1. The highest BCUT2D eigenvalue weighted by molar-refractivity contribution is 7.90. The third-order valence-corrected chi connectivity index (χ3v) is 4.01. The van der Waals surface area contributed by atoms with Gasteiger partial charge in [0.05, 0.1) is 18.8 Å². The summed E-state index contributed by atoms with van der Waals surface area (Å²) in [6.45, 7) is -0.465. The van der Waals surface area contributed by atoms with Crippen LogP contribution in [0.1, 0.15) is 0 Å². The van der Waals surface area contributed by atoms with Crippen LogP contribution in [0.15, 0.2) is 24.3 Å². The summed E-state index contributed by atoms with van der Waals surface area (Å²) in [5, 5.41) is 8.89. The normalized spacial score (nSPS) is 11.8. The highest BCUT2D eigenvalue weighted by atomic mass is 32.2. The first-order valence-electron chi connectivity index (χ1n) is 4.96. The fraction of sp³-hybridized carbons (Fsp3) is 0.400. The van der Waals surface area contributed by atoms with E-state index in [1.165, 1.54) is 32.3 Å². The Morgan fingerprint density at radius 1 is 1.35 bits per heavy atom. The quantitative estimate of drug-likeness (QED) is 0.837. The van der Waals surface area contributed by atoms with Gasteiger partial charge in [0.25, 0.3) is 0 Å². The van der Waals surface area contributed by atoms with E-state index >= 15 is 0 Å². The van der Waals surface area contributed by atoms with Crippen LogP contribution in [0.4, 0.5) is 10.1 Å². The summed E-state index contributed by atoms with van der Waals surface area (Å²) in [5.41, 5.74) is 0.188. The maximum atomic E-state index is 13.1. The maximum Gasteiger partial charge on any atom is 0.303 e. The molecule has 0 atom stereocenters. The van der Waals surface area contributed by atoms with Crippen LogP contribution in [0.2, 0.25) is 0 Å². The Morgan fingerprint density at radius 3 is 2.47 bits per heavy atom. The van der Waals surface area contributed by atoms with Gasteiger partial charge in [-0.25, -0.2) is 4.39 Å². The zero-order valence-electron chi connectivity index (χ0n) is 9.67. The van der Waals surface area contributed by atoms with Crippen molar-refractivity contribution in [3.05, 3.63) is 30.1 Å². The highest BCUT2D eigenvalue weighted by Crippen LogP contribution is 2.19. The molecule has 0 aliphatic rings. The first-order chi connectivity index (χ1) is 7.89. The summed E-state index contributed by atoms with van der Waals surface area (Å²) < 4.78 is 38.9. The Bertz CT molecular complexity index is 476. The molecule has 5 nitrogen and oxygen atoms in total. The molecule has 7 heteroatoms. The minimum atomic E-state index is -3.73. The van der Waals surface area contributed by atoms with E-state index in [2.05, 4.69) is 0 Å². The Labute approximate surface area is 100 Å². The average molecular weight is 262 g/mol. The predicted molar refractivity (Wildman–Crippen MR) is 63.4 cm³/mol. The van der Waals surface area contributed by atoms with Crippen molar-refractivity contribution in [3.63, 3.8) is 0 Å². The fourth-order valence-electron chi connectivity index (χ4n) is 1.30. The van der Waals surface area contributed by atoms with Gasteiger partial charge in [-0.2, -0.15) is 12.7 Å². The number of hydrogen-bond acceptors (Lipinski definition) is 3. The summed E-state index contributed by atoms with van der Waals surface area (Å²) in [7, 11) is -0.983. The van der Waals surface area contributed by atoms with Crippen LogP contribution in [-0.4, -0.2) is 45.1 Å². The van der Waals surface area contributed by atoms with Crippen molar-refractivity contribution in [2.75, 3.05) is 31.6 Å². The number of anilines is 1. The average Bonchev–Trinajstić information content (AvgIpc) is 2.25. The number of aliphatic hydroxyl groups is 1. The summed E-state index contributed by atoms with van der Waals surface area (Å²) in [5.74, 6) is -0.528. The molecule has 0 unspecified atom stereocenters. The highest BCUT2D eigenvalue weighted by Gasteiger charge is 2.24. The van der Waals surface area contributed by atoms with Crippen LogP contribution in [0.25, 0.3) is 0 Å². The maximum absolute atomic E-state index is 13.1. The van der Waals surface area contributed by atoms with E-state index < -0.39 is 16.0 Å². The molecular weight excluding hydrogens is 247 g/mol. The predicted octanol–water partition coefficient (Wildman–Crippen LogP) is 0.431. The second-order valence-corrected chi connectivity index (χ2v) is 5.63. The van der Waals surface area contributed by atoms with Gasteiger partial charge in [-0.3, -0.25) is 4.31 Å². The van der Waals surface area contributed by atoms with Crippen LogP contribution in [0, 0.1) is 5.82 Å². The fourth-order valence-corrected chi connectivity index (χ4v) is 2.38. The van der Waals surface area contributed by atoms with Gasteiger partial charge >= 0.3 is 10.2 Å². The van der Waals surface area contributed by atoms with Gasteiger partial charge < -0.3 is 5.11 Å². The van der Waals surface area contributed by atoms with Gasteiger partial charge in [0, 0.05) is 14.1 Å². The molecule has 1 N–H and O–H groups in total. The lowest BCUT2D eigenvalue weighted by molar-refractivity contribution is 0.306. The zero-order valence-corrected chi connectivity index (χ0v) is 10.5. The van der Waals surface area contributed by atoms with Gasteiger partial charge in [-0.05, 0) is 18.2 Å².